The lowest BCUT2D eigenvalue weighted by atomic mass is 10.0. The fraction of sp³-hybridized carbons (Fsp3) is 0.562. The van der Waals surface area contributed by atoms with Gasteiger partial charge in [0.2, 0.25) is 0 Å². The van der Waals surface area contributed by atoms with Crippen molar-refractivity contribution in [2.45, 2.75) is 38.8 Å². The maximum Gasteiger partial charge on any atom is 0.260 e. The van der Waals surface area contributed by atoms with Gasteiger partial charge < -0.3 is 15.0 Å². The van der Waals surface area contributed by atoms with Crippen molar-refractivity contribution < 1.29 is 9.53 Å². The largest absolute Gasteiger partial charge is 0.479 e. The van der Waals surface area contributed by atoms with Crippen molar-refractivity contribution in [2.75, 3.05) is 19.6 Å². The molecule has 2 rings (SSSR count). The molecule has 122 valence electrons. The van der Waals surface area contributed by atoms with E-state index >= 15 is 0 Å². The number of nitrogens with zero attached hydrogens (tertiary/aromatic N) is 1. The lowest BCUT2D eigenvalue weighted by Gasteiger charge is -2.32. The minimum Gasteiger partial charge on any atom is -0.479 e. The first-order chi connectivity index (χ1) is 10.5. The molecule has 1 aromatic rings. The molecule has 1 heterocycles. The molecule has 0 aromatic heterocycles. The van der Waals surface area contributed by atoms with E-state index in [1.54, 1.807) is 25.1 Å². The highest BCUT2D eigenvalue weighted by Gasteiger charge is 2.23. The number of nitrogens with one attached hydrogen (secondary N) is 1. The van der Waals surface area contributed by atoms with Crippen molar-refractivity contribution in [3.63, 3.8) is 0 Å². The zero-order valence-corrected chi connectivity index (χ0v) is 14.5. The molecule has 1 saturated heterocycles. The van der Waals surface area contributed by atoms with Gasteiger partial charge in [-0.25, -0.2) is 0 Å². The van der Waals surface area contributed by atoms with Crippen molar-refractivity contribution in [1.29, 1.82) is 0 Å². The van der Waals surface area contributed by atoms with E-state index in [4.69, 9.17) is 27.9 Å². The minimum absolute atomic E-state index is 0.119. The second-order valence-corrected chi connectivity index (χ2v) is 6.31. The summed E-state index contributed by atoms with van der Waals surface area (Å²) in [7, 11) is 0. The molecule has 0 unspecified atom stereocenters. The van der Waals surface area contributed by atoms with Crippen LogP contribution in [-0.4, -0.2) is 42.6 Å². The number of amides is 1. The third kappa shape index (κ3) is 4.51. The lowest BCUT2D eigenvalue weighted by Crippen LogP contribution is -2.48. The van der Waals surface area contributed by atoms with E-state index in [9.17, 15) is 4.79 Å². The predicted molar refractivity (Wildman–Crippen MR) is 89.8 cm³/mol. The summed E-state index contributed by atoms with van der Waals surface area (Å²) in [5.74, 6) is 0.309. The van der Waals surface area contributed by atoms with Crippen LogP contribution in [0, 0.1) is 0 Å². The van der Waals surface area contributed by atoms with Gasteiger partial charge >= 0.3 is 0 Å². The standard InChI is InChI=1S/C16H22Cl2N2O2/c1-3-20-9-7-12(8-10-20)19-16(21)11(2)22-14-6-4-5-13(17)15(14)18/h4-6,11-12H,3,7-10H2,1-2H3,(H,19,21)/t11-/m0/s1. The third-order valence-electron chi connectivity index (χ3n) is 3.97. The van der Waals surface area contributed by atoms with Crippen LogP contribution < -0.4 is 10.1 Å². The molecule has 1 amide bonds. The van der Waals surface area contributed by atoms with Crippen LogP contribution in [0.25, 0.3) is 0 Å². The Bertz CT molecular complexity index is 517. The molecule has 1 aliphatic heterocycles. The Morgan fingerprint density at radius 1 is 1.41 bits per heavy atom. The summed E-state index contributed by atoms with van der Waals surface area (Å²) in [6, 6.07) is 5.35. The summed E-state index contributed by atoms with van der Waals surface area (Å²) in [5.41, 5.74) is 0. The maximum absolute atomic E-state index is 12.2. The predicted octanol–water partition coefficient (Wildman–Crippen LogP) is 3.36. The molecule has 1 aliphatic rings. The van der Waals surface area contributed by atoms with Gasteiger partial charge in [0.1, 0.15) is 10.8 Å². The fourth-order valence-corrected chi connectivity index (χ4v) is 2.87. The number of likely N-dealkylation sites (tertiary alicyclic amines) is 1. The van der Waals surface area contributed by atoms with Gasteiger partial charge in [0.25, 0.3) is 5.91 Å². The van der Waals surface area contributed by atoms with Crippen LogP contribution in [-0.2, 0) is 4.79 Å². The number of rotatable bonds is 5. The second kappa shape index (κ2) is 8.04. The van der Waals surface area contributed by atoms with E-state index in [2.05, 4.69) is 17.1 Å². The number of hydrogen-bond donors (Lipinski definition) is 1. The van der Waals surface area contributed by atoms with Gasteiger partial charge in [0.15, 0.2) is 6.10 Å². The number of piperidine rings is 1. The normalized spacial score (nSPS) is 18.0. The van der Waals surface area contributed by atoms with Gasteiger partial charge in [0.05, 0.1) is 5.02 Å². The molecule has 1 aromatic carbocycles. The lowest BCUT2D eigenvalue weighted by molar-refractivity contribution is -0.128. The van der Waals surface area contributed by atoms with Gasteiger partial charge in [-0.3, -0.25) is 4.79 Å². The first-order valence-corrected chi connectivity index (χ1v) is 8.40. The van der Waals surface area contributed by atoms with Crippen molar-refractivity contribution in [1.82, 2.24) is 10.2 Å². The van der Waals surface area contributed by atoms with Crippen LogP contribution in [0.5, 0.6) is 5.75 Å². The Kier molecular flexibility index (Phi) is 6.36. The Labute approximate surface area is 141 Å². The van der Waals surface area contributed by atoms with Crippen LogP contribution in [0.4, 0.5) is 0 Å². The quantitative estimate of drug-likeness (QED) is 0.890. The second-order valence-electron chi connectivity index (χ2n) is 5.53. The minimum atomic E-state index is -0.611. The van der Waals surface area contributed by atoms with E-state index in [1.807, 2.05) is 0 Å². The molecular weight excluding hydrogens is 323 g/mol. The van der Waals surface area contributed by atoms with Crippen LogP contribution in [0.2, 0.25) is 10.0 Å². The Balaban J connectivity index is 1.86. The molecule has 6 heteroatoms. The summed E-state index contributed by atoms with van der Waals surface area (Å²) in [6.07, 6.45) is 1.34. The van der Waals surface area contributed by atoms with E-state index in [0.29, 0.717) is 15.8 Å². The highest BCUT2D eigenvalue weighted by Crippen LogP contribution is 2.32. The molecule has 1 N–H and O–H groups in total. The van der Waals surface area contributed by atoms with Crippen LogP contribution in [0.1, 0.15) is 26.7 Å². The Morgan fingerprint density at radius 3 is 2.73 bits per heavy atom. The molecule has 0 aliphatic carbocycles. The topological polar surface area (TPSA) is 41.6 Å². The average molecular weight is 345 g/mol. The van der Waals surface area contributed by atoms with Crippen molar-refractivity contribution in [2.24, 2.45) is 0 Å². The zero-order valence-electron chi connectivity index (χ0n) is 12.9. The van der Waals surface area contributed by atoms with Gasteiger partial charge in [-0.1, -0.05) is 36.2 Å². The SMILES string of the molecule is CCN1CCC(NC(=O)[C@H](C)Oc2cccc(Cl)c2Cl)CC1. The van der Waals surface area contributed by atoms with Gasteiger partial charge in [0, 0.05) is 19.1 Å². The van der Waals surface area contributed by atoms with E-state index in [1.165, 1.54) is 0 Å². The number of hydrogen-bond acceptors (Lipinski definition) is 3. The van der Waals surface area contributed by atoms with Gasteiger partial charge in [-0.05, 0) is 38.4 Å². The molecular formula is C16H22Cl2N2O2. The first kappa shape index (κ1) is 17.4. The van der Waals surface area contributed by atoms with Crippen molar-refractivity contribution in [3.05, 3.63) is 28.2 Å². The van der Waals surface area contributed by atoms with E-state index in [0.717, 1.165) is 32.5 Å². The molecule has 0 saturated carbocycles. The number of carbonyl (C=O) groups is 1. The van der Waals surface area contributed by atoms with Crippen LogP contribution >= 0.6 is 23.2 Å². The molecule has 1 fully saturated rings. The highest BCUT2D eigenvalue weighted by molar-refractivity contribution is 6.42. The fourth-order valence-electron chi connectivity index (χ4n) is 2.53. The summed E-state index contributed by atoms with van der Waals surface area (Å²) < 4.78 is 5.63. The summed E-state index contributed by atoms with van der Waals surface area (Å²) >= 11 is 12.0. The average Bonchev–Trinajstić information content (AvgIpc) is 2.52. The van der Waals surface area contributed by atoms with Gasteiger partial charge in [-0.15, -0.1) is 0 Å². The highest BCUT2D eigenvalue weighted by atomic mass is 35.5. The molecule has 22 heavy (non-hydrogen) atoms. The number of carbonyl (C=O) groups excluding carboxylic acids is 1. The van der Waals surface area contributed by atoms with Crippen molar-refractivity contribution in [3.8, 4) is 5.75 Å². The third-order valence-corrected chi connectivity index (χ3v) is 4.77. The summed E-state index contributed by atoms with van der Waals surface area (Å²) in [4.78, 5) is 14.6. The van der Waals surface area contributed by atoms with Crippen molar-refractivity contribution >= 4 is 29.1 Å². The van der Waals surface area contributed by atoms with Crippen LogP contribution in [0.3, 0.4) is 0 Å². The molecule has 1 atom stereocenters. The monoisotopic (exact) mass is 344 g/mol. The first-order valence-electron chi connectivity index (χ1n) is 7.64. The van der Waals surface area contributed by atoms with E-state index in [-0.39, 0.29) is 11.9 Å². The molecule has 0 bridgehead atoms. The maximum atomic E-state index is 12.2. The zero-order chi connectivity index (χ0) is 16.1. The summed E-state index contributed by atoms with van der Waals surface area (Å²) in [6.45, 7) is 6.98. The number of ether oxygens (including phenoxy) is 1. The van der Waals surface area contributed by atoms with Crippen LogP contribution in [0.15, 0.2) is 18.2 Å². The molecule has 0 spiro atoms. The number of halogens is 2. The Morgan fingerprint density at radius 2 is 2.09 bits per heavy atom. The van der Waals surface area contributed by atoms with E-state index < -0.39 is 6.10 Å². The van der Waals surface area contributed by atoms with Gasteiger partial charge in [-0.2, -0.15) is 0 Å². The molecule has 0 radical (unpaired) electrons. The summed E-state index contributed by atoms with van der Waals surface area (Å²) in [5, 5.41) is 3.80. The smallest absolute Gasteiger partial charge is 0.260 e. The number of benzene rings is 1. The Hall–Kier alpha value is -0.970. The molecule has 4 nitrogen and oxygen atoms in total.